The first kappa shape index (κ1) is 13.7. The zero-order valence-electron chi connectivity index (χ0n) is 9.68. The van der Waals surface area contributed by atoms with Gasteiger partial charge in [0, 0.05) is 23.2 Å². The van der Waals surface area contributed by atoms with Gasteiger partial charge >= 0.3 is 0 Å². The van der Waals surface area contributed by atoms with Crippen LogP contribution in [0.3, 0.4) is 0 Å². The first-order valence-corrected chi connectivity index (χ1v) is 6.98. The van der Waals surface area contributed by atoms with Crippen molar-refractivity contribution in [3.8, 4) is 0 Å². The van der Waals surface area contributed by atoms with Crippen LogP contribution in [0, 0.1) is 6.92 Å². The summed E-state index contributed by atoms with van der Waals surface area (Å²) in [6.45, 7) is 2.88. The van der Waals surface area contributed by atoms with Gasteiger partial charge < -0.3 is 17.0 Å². The molecule has 3 heterocycles. The molecule has 0 fully saturated rings. The highest BCUT2D eigenvalue weighted by Crippen LogP contribution is 2.24. The van der Waals surface area contributed by atoms with E-state index in [1.54, 1.807) is 11.3 Å². The summed E-state index contributed by atoms with van der Waals surface area (Å²) in [5.74, 6) is 0. The molecule has 18 heavy (non-hydrogen) atoms. The fourth-order valence-electron chi connectivity index (χ4n) is 1.81. The summed E-state index contributed by atoms with van der Waals surface area (Å²) < 4.78 is 5.32. The van der Waals surface area contributed by atoms with Crippen molar-refractivity contribution in [1.82, 2.24) is 9.38 Å². The van der Waals surface area contributed by atoms with E-state index in [0.29, 0.717) is 0 Å². The van der Waals surface area contributed by atoms with E-state index in [1.165, 1.54) is 5.69 Å². The topological polar surface area (TPSA) is 21.2 Å². The summed E-state index contributed by atoms with van der Waals surface area (Å²) in [6, 6.07) is 6.07. The molecule has 3 aromatic heterocycles. The first-order valence-electron chi connectivity index (χ1n) is 5.31. The maximum absolute atomic E-state index is 4.64. The number of pyridine rings is 1. The molecule has 0 atom stereocenters. The molecule has 0 aliphatic heterocycles. The Bertz CT molecular complexity index is 661. The molecule has 0 aliphatic rings. The van der Waals surface area contributed by atoms with E-state index in [9.17, 15) is 0 Å². The molecule has 3 nitrogen and oxygen atoms in total. The Morgan fingerprint density at radius 1 is 1.33 bits per heavy atom. The predicted octanol–water partition coefficient (Wildman–Crippen LogP) is -0.193. The van der Waals surface area contributed by atoms with Gasteiger partial charge in [0.25, 0.3) is 0 Å². The number of aryl methyl sites for hydroxylation is 1. The van der Waals surface area contributed by atoms with Gasteiger partial charge in [-0.05, 0) is 22.9 Å². The Morgan fingerprint density at radius 3 is 2.72 bits per heavy atom. The molecular weight excluding hydrogens is 378 g/mol. The summed E-state index contributed by atoms with van der Waals surface area (Å²) in [7, 11) is 0. The quantitative estimate of drug-likeness (QED) is 0.557. The van der Waals surface area contributed by atoms with E-state index >= 15 is 0 Å². The molecule has 6 heteroatoms. The van der Waals surface area contributed by atoms with Crippen LogP contribution in [-0.4, -0.2) is 9.38 Å². The van der Waals surface area contributed by atoms with Crippen molar-refractivity contribution in [3.05, 3.63) is 52.0 Å². The third-order valence-corrected chi connectivity index (χ3v) is 4.41. The Balaban J connectivity index is 0.00000120. The van der Waals surface area contributed by atoms with Gasteiger partial charge in [-0.1, -0.05) is 6.07 Å². The number of hydrogen-bond acceptors (Lipinski definition) is 2. The standard InChI is InChI=1S/C12H11BrN3S.BrH/c1-9-8-17-12-14-10(11(13)16(9)12)7-15-5-3-2-4-6-15;/h2-6,8H,7H2,1H3;1H/q+1;/p-1. The molecule has 3 aromatic rings. The molecule has 0 saturated heterocycles. The number of thiazole rings is 1. The van der Waals surface area contributed by atoms with E-state index < -0.39 is 0 Å². The van der Waals surface area contributed by atoms with Crippen LogP contribution < -0.4 is 21.5 Å². The molecule has 0 N–H and O–H groups in total. The second-order valence-corrected chi connectivity index (χ2v) is 5.48. The summed E-state index contributed by atoms with van der Waals surface area (Å²) >= 11 is 5.31. The third-order valence-electron chi connectivity index (χ3n) is 2.65. The van der Waals surface area contributed by atoms with Gasteiger partial charge in [0.2, 0.25) is 0 Å². The van der Waals surface area contributed by atoms with Crippen LogP contribution in [0.4, 0.5) is 0 Å². The highest BCUT2D eigenvalue weighted by atomic mass is 79.9. The molecule has 0 aromatic carbocycles. The minimum absolute atomic E-state index is 0. The smallest absolute Gasteiger partial charge is 0.195 e. The minimum atomic E-state index is 0. The van der Waals surface area contributed by atoms with E-state index in [0.717, 1.165) is 21.8 Å². The fraction of sp³-hybridized carbons (Fsp3) is 0.167. The van der Waals surface area contributed by atoms with Crippen molar-refractivity contribution in [2.24, 2.45) is 0 Å². The van der Waals surface area contributed by atoms with Crippen molar-refractivity contribution in [1.29, 1.82) is 0 Å². The van der Waals surface area contributed by atoms with Gasteiger partial charge in [-0.3, -0.25) is 4.40 Å². The van der Waals surface area contributed by atoms with Crippen LogP contribution in [0.15, 0.2) is 40.6 Å². The van der Waals surface area contributed by atoms with Crippen molar-refractivity contribution >= 4 is 32.2 Å². The molecule has 0 saturated carbocycles. The molecule has 94 valence electrons. The number of hydrogen-bond donors (Lipinski definition) is 0. The monoisotopic (exact) mass is 387 g/mol. The van der Waals surface area contributed by atoms with Gasteiger partial charge in [-0.2, -0.15) is 4.57 Å². The lowest BCUT2D eigenvalue weighted by Gasteiger charge is -1.95. The summed E-state index contributed by atoms with van der Waals surface area (Å²) in [6.07, 6.45) is 4.10. The Hall–Kier alpha value is -0.720. The lowest BCUT2D eigenvalue weighted by atomic mass is 10.4. The van der Waals surface area contributed by atoms with Crippen LogP contribution in [0.25, 0.3) is 4.96 Å². The molecule has 0 amide bonds. The normalized spacial score (nSPS) is 10.6. The zero-order chi connectivity index (χ0) is 11.8. The Morgan fingerprint density at radius 2 is 2.06 bits per heavy atom. The average Bonchev–Trinajstić information content (AvgIpc) is 2.84. The summed E-state index contributed by atoms with van der Waals surface area (Å²) in [4.78, 5) is 5.68. The maximum Gasteiger partial charge on any atom is 0.195 e. The highest BCUT2D eigenvalue weighted by Gasteiger charge is 2.15. The van der Waals surface area contributed by atoms with Gasteiger partial charge in [0.1, 0.15) is 10.3 Å². The second kappa shape index (κ2) is 5.50. The summed E-state index contributed by atoms with van der Waals surface area (Å²) in [5.41, 5.74) is 2.28. The molecule has 0 bridgehead atoms. The third kappa shape index (κ3) is 2.37. The van der Waals surface area contributed by atoms with Gasteiger partial charge in [-0.15, -0.1) is 11.3 Å². The second-order valence-electron chi connectivity index (χ2n) is 3.89. The lowest BCUT2D eigenvalue weighted by Crippen LogP contribution is -3.00. The van der Waals surface area contributed by atoms with Gasteiger partial charge in [0.15, 0.2) is 23.9 Å². The van der Waals surface area contributed by atoms with Crippen molar-refractivity contribution in [3.63, 3.8) is 0 Å². The van der Waals surface area contributed by atoms with Gasteiger partial charge in [0.05, 0.1) is 0 Å². The number of nitrogens with zero attached hydrogens (tertiary/aromatic N) is 3. The van der Waals surface area contributed by atoms with Crippen molar-refractivity contribution < 1.29 is 21.5 Å². The SMILES string of the molecule is Cc1csc2nc(C[n+]3ccccc3)c(Br)n12.[Br-]. The predicted molar refractivity (Wildman–Crippen MR) is 71.2 cm³/mol. The fourth-order valence-corrected chi connectivity index (χ4v) is 3.48. The number of imidazole rings is 1. The van der Waals surface area contributed by atoms with Crippen LogP contribution >= 0.6 is 27.3 Å². The molecule has 3 rings (SSSR count). The molecule has 0 radical (unpaired) electrons. The summed E-state index contributed by atoms with van der Waals surface area (Å²) in [5, 5.41) is 2.12. The molecule has 0 spiro atoms. The van der Waals surface area contributed by atoms with Crippen LogP contribution in [0.5, 0.6) is 0 Å². The lowest BCUT2D eigenvalue weighted by molar-refractivity contribution is -0.688. The van der Waals surface area contributed by atoms with Crippen molar-refractivity contribution in [2.75, 3.05) is 0 Å². The van der Waals surface area contributed by atoms with Crippen molar-refractivity contribution in [2.45, 2.75) is 13.5 Å². The minimum Gasteiger partial charge on any atom is -1.00 e. The van der Waals surface area contributed by atoms with E-state index in [1.807, 2.05) is 30.6 Å². The van der Waals surface area contributed by atoms with E-state index in [-0.39, 0.29) is 17.0 Å². The Kier molecular flexibility index (Phi) is 4.19. The Labute approximate surface area is 128 Å². The first-order chi connectivity index (χ1) is 8.25. The average molecular weight is 389 g/mol. The number of fused-ring (bicyclic) bond motifs is 1. The number of halogens is 2. The number of rotatable bonds is 2. The van der Waals surface area contributed by atoms with E-state index in [4.69, 9.17) is 0 Å². The zero-order valence-corrected chi connectivity index (χ0v) is 13.7. The van der Waals surface area contributed by atoms with Crippen LogP contribution in [0.1, 0.15) is 11.4 Å². The van der Waals surface area contributed by atoms with Crippen LogP contribution in [0.2, 0.25) is 0 Å². The maximum atomic E-state index is 4.64. The molecule has 0 aliphatic carbocycles. The number of aromatic nitrogens is 3. The molecular formula is C12H11Br2N3S. The van der Waals surface area contributed by atoms with Gasteiger partial charge in [-0.25, -0.2) is 4.98 Å². The van der Waals surface area contributed by atoms with E-state index in [2.05, 4.69) is 42.2 Å². The largest absolute Gasteiger partial charge is 1.00 e. The molecule has 0 unspecified atom stereocenters. The van der Waals surface area contributed by atoms with Crippen LogP contribution in [-0.2, 0) is 6.54 Å². The highest BCUT2D eigenvalue weighted by molar-refractivity contribution is 9.10.